The molecule has 1 fully saturated rings. The van der Waals surface area contributed by atoms with Crippen LogP contribution in [0.2, 0.25) is 0 Å². The highest BCUT2D eigenvalue weighted by Crippen LogP contribution is 2.25. The van der Waals surface area contributed by atoms with Crippen LogP contribution in [0.4, 0.5) is 4.39 Å². The summed E-state index contributed by atoms with van der Waals surface area (Å²) in [5, 5.41) is 0. The lowest BCUT2D eigenvalue weighted by atomic mass is 9.86. The Kier molecular flexibility index (Phi) is 2.06. The molecular weight excluding hydrogens is 117 g/mol. The molecule has 1 aliphatic carbocycles. The Morgan fingerprint density at radius 3 is 2.56 bits per heavy atom. The summed E-state index contributed by atoms with van der Waals surface area (Å²) in [6, 6.07) is 0.121. The molecule has 0 radical (unpaired) electrons. The van der Waals surface area contributed by atoms with Gasteiger partial charge < -0.3 is 5.73 Å². The molecule has 3 atom stereocenters. The molecule has 2 N–H and O–H groups in total. The standard InChI is InChI=1S/C7H14FN/c1-5-2-3-6(9)4-7(5)8/h5-7H,2-4,9H2,1H3/t5-,6+,7?/m0/s1. The normalized spacial score (nSPS) is 45.0. The van der Waals surface area contributed by atoms with Gasteiger partial charge in [0.05, 0.1) is 0 Å². The van der Waals surface area contributed by atoms with Gasteiger partial charge in [-0.1, -0.05) is 6.92 Å². The molecule has 1 nitrogen and oxygen atoms in total. The molecule has 0 spiro atoms. The highest BCUT2D eigenvalue weighted by atomic mass is 19.1. The molecule has 0 saturated heterocycles. The van der Waals surface area contributed by atoms with Gasteiger partial charge in [0, 0.05) is 6.04 Å². The first-order valence-electron chi connectivity index (χ1n) is 3.60. The van der Waals surface area contributed by atoms with Gasteiger partial charge in [-0.25, -0.2) is 4.39 Å². The average molecular weight is 131 g/mol. The molecule has 1 unspecified atom stereocenters. The van der Waals surface area contributed by atoms with E-state index in [1.54, 1.807) is 0 Å². The van der Waals surface area contributed by atoms with Crippen LogP contribution in [-0.4, -0.2) is 12.2 Å². The highest BCUT2D eigenvalue weighted by Gasteiger charge is 2.24. The first kappa shape index (κ1) is 7.00. The first-order valence-corrected chi connectivity index (χ1v) is 3.60. The fourth-order valence-corrected chi connectivity index (χ4v) is 1.30. The van der Waals surface area contributed by atoms with Crippen LogP contribution in [0.5, 0.6) is 0 Å². The van der Waals surface area contributed by atoms with Crippen LogP contribution in [0.3, 0.4) is 0 Å². The third-order valence-corrected chi connectivity index (χ3v) is 2.14. The predicted octanol–water partition coefficient (Wildman–Crippen LogP) is 1.47. The van der Waals surface area contributed by atoms with Gasteiger partial charge >= 0.3 is 0 Å². The molecule has 1 aliphatic rings. The molecule has 0 aromatic heterocycles. The van der Waals surface area contributed by atoms with Crippen molar-refractivity contribution in [2.75, 3.05) is 0 Å². The molecule has 9 heavy (non-hydrogen) atoms. The van der Waals surface area contributed by atoms with E-state index in [1.807, 2.05) is 6.92 Å². The van der Waals surface area contributed by atoms with Crippen molar-refractivity contribution >= 4 is 0 Å². The maximum Gasteiger partial charge on any atom is 0.104 e. The van der Waals surface area contributed by atoms with Crippen LogP contribution >= 0.6 is 0 Å². The van der Waals surface area contributed by atoms with Crippen molar-refractivity contribution in [2.45, 2.75) is 38.4 Å². The fourth-order valence-electron chi connectivity index (χ4n) is 1.30. The van der Waals surface area contributed by atoms with Gasteiger partial charge in [0.2, 0.25) is 0 Å². The van der Waals surface area contributed by atoms with Crippen molar-refractivity contribution in [1.82, 2.24) is 0 Å². The van der Waals surface area contributed by atoms with E-state index >= 15 is 0 Å². The zero-order valence-electron chi connectivity index (χ0n) is 5.81. The lowest BCUT2D eigenvalue weighted by molar-refractivity contribution is 0.165. The molecule has 2 heteroatoms. The Labute approximate surface area is 55.4 Å². The van der Waals surface area contributed by atoms with Gasteiger partial charge in [-0.15, -0.1) is 0 Å². The molecule has 0 aliphatic heterocycles. The Morgan fingerprint density at radius 1 is 1.44 bits per heavy atom. The minimum absolute atomic E-state index is 0.121. The predicted molar refractivity (Wildman–Crippen MR) is 35.9 cm³/mol. The third kappa shape index (κ3) is 1.65. The maximum atomic E-state index is 12.7. The van der Waals surface area contributed by atoms with Crippen molar-refractivity contribution in [2.24, 2.45) is 11.7 Å². The summed E-state index contributed by atoms with van der Waals surface area (Å²) in [6.07, 6.45) is 1.89. The molecule has 0 aromatic carbocycles. The van der Waals surface area contributed by atoms with Crippen LogP contribution in [-0.2, 0) is 0 Å². The quantitative estimate of drug-likeness (QED) is 0.529. The van der Waals surface area contributed by atoms with Crippen LogP contribution in [0.1, 0.15) is 26.2 Å². The fraction of sp³-hybridized carbons (Fsp3) is 1.00. The second-order valence-corrected chi connectivity index (χ2v) is 3.07. The van der Waals surface area contributed by atoms with Gasteiger partial charge in [0.1, 0.15) is 6.17 Å². The summed E-state index contributed by atoms with van der Waals surface area (Å²) in [5.74, 6) is 0.241. The second-order valence-electron chi connectivity index (χ2n) is 3.07. The topological polar surface area (TPSA) is 26.0 Å². The maximum absolute atomic E-state index is 12.7. The summed E-state index contributed by atoms with van der Waals surface area (Å²) in [4.78, 5) is 0. The van der Waals surface area contributed by atoms with E-state index in [0.717, 1.165) is 12.8 Å². The van der Waals surface area contributed by atoms with Crippen molar-refractivity contribution in [3.8, 4) is 0 Å². The van der Waals surface area contributed by atoms with Gasteiger partial charge in [0.15, 0.2) is 0 Å². The SMILES string of the molecule is C[C@H]1CC[C@@H](N)CC1F. The number of alkyl halides is 1. The van der Waals surface area contributed by atoms with Crippen LogP contribution in [0.15, 0.2) is 0 Å². The van der Waals surface area contributed by atoms with Crippen molar-refractivity contribution in [1.29, 1.82) is 0 Å². The van der Waals surface area contributed by atoms with Crippen LogP contribution in [0, 0.1) is 5.92 Å². The first-order chi connectivity index (χ1) is 4.20. The average Bonchev–Trinajstić information content (AvgIpc) is 1.80. The van der Waals surface area contributed by atoms with Crippen molar-refractivity contribution in [3.63, 3.8) is 0 Å². The summed E-state index contributed by atoms with van der Waals surface area (Å²) in [6.45, 7) is 1.95. The lowest BCUT2D eigenvalue weighted by Gasteiger charge is -2.26. The third-order valence-electron chi connectivity index (χ3n) is 2.14. The van der Waals surface area contributed by atoms with E-state index in [9.17, 15) is 4.39 Å². The van der Waals surface area contributed by atoms with E-state index in [1.165, 1.54) is 0 Å². The zero-order valence-corrected chi connectivity index (χ0v) is 5.81. The molecule has 0 amide bonds. The van der Waals surface area contributed by atoms with Crippen LogP contribution < -0.4 is 5.73 Å². The number of nitrogens with two attached hydrogens (primary N) is 1. The number of hydrogen-bond donors (Lipinski definition) is 1. The lowest BCUT2D eigenvalue weighted by Crippen LogP contribution is -2.33. The Bertz CT molecular complexity index is 94.9. The number of hydrogen-bond acceptors (Lipinski definition) is 1. The van der Waals surface area contributed by atoms with Gasteiger partial charge in [-0.2, -0.15) is 0 Å². The summed E-state index contributed by atoms with van der Waals surface area (Å²) in [7, 11) is 0. The monoisotopic (exact) mass is 131 g/mol. The number of rotatable bonds is 0. The van der Waals surface area contributed by atoms with E-state index in [2.05, 4.69) is 0 Å². The van der Waals surface area contributed by atoms with Crippen LogP contribution in [0.25, 0.3) is 0 Å². The van der Waals surface area contributed by atoms with Gasteiger partial charge in [-0.05, 0) is 25.2 Å². The van der Waals surface area contributed by atoms with E-state index in [4.69, 9.17) is 5.73 Å². The van der Waals surface area contributed by atoms with Gasteiger partial charge in [-0.3, -0.25) is 0 Å². The smallest absolute Gasteiger partial charge is 0.104 e. The Balaban J connectivity index is 2.35. The molecule has 0 bridgehead atoms. The van der Waals surface area contributed by atoms with Gasteiger partial charge in [0.25, 0.3) is 0 Å². The summed E-state index contributed by atoms with van der Waals surface area (Å²) in [5.41, 5.74) is 5.55. The summed E-state index contributed by atoms with van der Waals surface area (Å²) < 4.78 is 12.7. The van der Waals surface area contributed by atoms with E-state index in [0.29, 0.717) is 6.42 Å². The molecule has 1 rings (SSSR count). The molecule has 0 heterocycles. The number of halogens is 1. The Hall–Kier alpha value is -0.110. The molecular formula is C7H14FN. The molecule has 0 aromatic rings. The van der Waals surface area contributed by atoms with E-state index < -0.39 is 6.17 Å². The minimum atomic E-state index is -0.645. The second kappa shape index (κ2) is 2.65. The molecule has 1 saturated carbocycles. The van der Waals surface area contributed by atoms with Crippen molar-refractivity contribution < 1.29 is 4.39 Å². The van der Waals surface area contributed by atoms with Crippen molar-refractivity contribution in [3.05, 3.63) is 0 Å². The zero-order chi connectivity index (χ0) is 6.85. The van der Waals surface area contributed by atoms with E-state index in [-0.39, 0.29) is 12.0 Å². The summed E-state index contributed by atoms with van der Waals surface area (Å²) >= 11 is 0. The Morgan fingerprint density at radius 2 is 2.11 bits per heavy atom. The highest BCUT2D eigenvalue weighted by molar-refractivity contribution is 4.78. The minimum Gasteiger partial charge on any atom is -0.328 e. The largest absolute Gasteiger partial charge is 0.328 e. The molecule has 54 valence electrons.